The van der Waals surface area contributed by atoms with Gasteiger partial charge in [-0.15, -0.1) is 0 Å². The summed E-state index contributed by atoms with van der Waals surface area (Å²) < 4.78 is 53.0. The number of pyridine rings is 2. The van der Waals surface area contributed by atoms with E-state index in [-0.39, 0.29) is 56.5 Å². The van der Waals surface area contributed by atoms with Gasteiger partial charge in [0.1, 0.15) is 28.8 Å². The molecule has 2 aromatic carbocycles. The van der Waals surface area contributed by atoms with Gasteiger partial charge in [-0.3, -0.25) is 9.59 Å². The summed E-state index contributed by atoms with van der Waals surface area (Å²) in [6.45, 7) is 3.41. The number of benzene rings is 2. The maximum Gasteiger partial charge on any atom is 0.341 e. The highest BCUT2D eigenvalue weighted by Gasteiger charge is 2.54. The molecule has 2 aromatic heterocycles. The van der Waals surface area contributed by atoms with Crippen molar-refractivity contribution < 1.29 is 37.7 Å². The maximum absolute atomic E-state index is 15.3. The van der Waals surface area contributed by atoms with Crippen molar-refractivity contribution in [3.8, 4) is 5.75 Å². The predicted molar refractivity (Wildman–Crippen MR) is 207 cm³/mol. The molecule has 3 aliphatic heterocycles. The fraction of sp³-hybridized carbons (Fsp3) is 0.500. The number of alkyl halides is 1. The number of aromatic nitrogens is 2. The number of anilines is 2. The van der Waals surface area contributed by atoms with Crippen molar-refractivity contribution in [3.05, 3.63) is 72.8 Å². The van der Waals surface area contributed by atoms with E-state index in [0.717, 1.165) is 63.9 Å². The summed E-state index contributed by atoms with van der Waals surface area (Å²) in [6.07, 6.45) is 7.51. The fourth-order valence-corrected chi connectivity index (χ4v) is 9.79. The lowest BCUT2D eigenvalue weighted by molar-refractivity contribution is 0.0684. The van der Waals surface area contributed by atoms with E-state index in [0.29, 0.717) is 48.5 Å². The number of ether oxygens (including phenoxy) is 1. The topological polar surface area (TPSA) is 172 Å². The molecule has 17 heteroatoms. The zero-order valence-corrected chi connectivity index (χ0v) is 31.8. The van der Waals surface area contributed by atoms with E-state index >= 15 is 8.78 Å². The van der Waals surface area contributed by atoms with Gasteiger partial charge in [0.05, 0.1) is 45.7 Å². The number of hydrogen-bond donors (Lipinski definition) is 4. The lowest BCUT2D eigenvalue weighted by atomic mass is 9.94. The van der Waals surface area contributed by atoms with Gasteiger partial charge in [-0.05, 0) is 63.1 Å². The number of nitrogens with zero attached hydrogens (tertiary/aromatic N) is 4. The Balaban J connectivity index is 0.000000148. The van der Waals surface area contributed by atoms with Gasteiger partial charge in [0.2, 0.25) is 10.9 Å². The van der Waals surface area contributed by atoms with E-state index < -0.39 is 52.2 Å². The minimum absolute atomic E-state index is 0.00645. The van der Waals surface area contributed by atoms with E-state index in [1.165, 1.54) is 23.9 Å². The summed E-state index contributed by atoms with van der Waals surface area (Å²) >= 11 is 6.56. The summed E-state index contributed by atoms with van der Waals surface area (Å²) in [7, 11) is 1.48. The number of nitrogens with one attached hydrogen (secondary N) is 1. The molecule has 302 valence electrons. The summed E-state index contributed by atoms with van der Waals surface area (Å²) in [5, 5.41) is 22.2. The van der Waals surface area contributed by atoms with Crippen LogP contribution in [0.1, 0.15) is 77.7 Å². The van der Waals surface area contributed by atoms with E-state index in [4.69, 9.17) is 22.1 Å². The Morgan fingerprint density at radius 2 is 1.53 bits per heavy atom. The van der Waals surface area contributed by atoms with Gasteiger partial charge in [0, 0.05) is 68.5 Å². The van der Waals surface area contributed by atoms with Gasteiger partial charge in [0.25, 0.3) is 0 Å². The van der Waals surface area contributed by atoms with Crippen molar-refractivity contribution in [2.75, 3.05) is 49.6 Å². The molecule has 3 saturated carbocycles. The van der Waals surface area contributed by atoms with E-state index in [1.54, 1.807) is 9.47 Å². The molecule has 5 heterocycles. The van der Waals surface area contributed by atoms with Crippen LogP contribution in [0.25, 0.3) is 21.8 Å². The first-order valence-electron chi connectivity index (χ1n) is 19.3. The Kier molecular flexibility index (Phi) is 9.05. The first-order chi connectivity index (χ1) is 27.2. The molecule has 0 bridgehead atoms. The Labute approximate surface area is 328 Å². The summed E-state index contributed by atoms with van der Waals surface area (Å²) in [5.41, 5.74) is 4.99. The third-order valence-electron chi connectivity index (χ3n) is 12.9. The molecule has 0 radical (unpaired) electrons. The molecular weight excluding hydrogens is 769 g/mol. The number of methoxy groups -OCH3 is 1. The highest BCUT2D eigenvalue weighted by atomic mass is 35.5. The summed E-state index contributed by atoms with van der Waals surface area (Å²) in [6, 6.07) is 1.92. The van der Waals surface area contributed by atoms with Crippen molar-refractivity contribution in [2.45, 2.75) is 75.3 Å². The predicted octanol–water partition coefficient (Wildman–Crippen LogP) is 5.07. The highest BCUT2D eigenvalue weighted by Crippen LogP contribution is 2.54. The Hall–Kier alpha value is -4.80. The van der Waals surface area contributed by atoms with E-state index in [2.05, 4.69) is 5.32 Å². The molecular formula is C40H42ClF3N6O7. The van der Waals surface area contributed by atoms with Crippen LogP contribution in [0.15, 0.2) is 34.1 Å². The second-order valence-corrected chi connectivity index (χ2v) is 16.9. The standard InChI is InChI=1S/C21H24FN3O4.C19H18ClF2N3O3/c1-29-20-17-13(19(26)14(21(27)28)9-25(17)12-4-5-12)7-15(22)18(20)24-8-11-3-2-6-23-16(11)10-24;20-14-15-8(17(26)9(18(27)28)5-25(15)12-4-10(12)21)3-11(22)16(14)24-6-13(23)19(7-24)1-2-19/h7,9,11-12,16,23H,2-6,8,10H2,1H3,(H,27,28);3,5,10,12-13H,1-2,4,6-7,23H2,(H,27,28)/t11-,16+;10-,12+,13+/m00/s1. The van der Waals surface area contributed by atoms with Crippen molar-refractivity contribution in [1.29, 1.82) is 0 Å². The molecule has 0 amide bonds. The Morgan fingerprint density at radius 3 is 2.07 bits per heavy atom. The lowest BCUT2D eigenvalue weighted by Crippen LogP contribution is -2.40. The number of rotatable bonds is 7. The molecule has 6 fully saturated rings. The van der Waals surface area contributed by atoms with Gasteiger partial charge in [-0.2, -0.15) is 0 Å². The van der Waals surface area contributed by atoms with Crippen LogP contribution in [0.2, 0.25) is 5.02 Å². The molecule has 0 unspecified atom stereocenters. The number of piperidine rings is 1. The second kappa shape index (κ2) is 13.7. The SMILES string of the molecule is COc1c(N2C[C@@H]3CCCN[C@@H]3C2)c(F)cc2c(=O)c(C(=O)O)cn(C3CC3)c12.N[C@@H]1CN(c2c(F)cc3c(=O)c(C(=O)O)cn([C@@H]4C[C@@H]4F)c3c2Cl)CC12CC2. The molecule has 10 rings (SSSR count). The summed E-state index contributed by atoms with van der Waals surface area (Å²) in [5.74, 6) is -3.22. The monoisotopic (exact) mass is 810 g/mol. The first-order valence-corrected chi connectivity index (χ1v) is 19.7. The van der Waals surface area contributed by atoms with Crippen LogP contribution in [-0.2, 0) is 0 Å². The van der Waals surface area contributed by atoms with Crippen LogP contribution in [-0.4, -0.2) is 89.4 Å². The van der Waals surface area contributed by atoms with Crippen molar-refractivity contribution in [2.24, 2.45) is 17.1 Å². The number of carboxylic acid groups (broad SMARTS) is 2. The smallest absolute Gasteiger partial charge is 0.341 e. The van der Waals surface area contributed by atoms with Crippen LogP contribution in [0.3, 0.4) is 0 Å². The minimum atomic E-state index is -1.45. The highest BCUT2D eigenvalue weighted by molar-refractivity contribution is 6.38. The van der Waals surface area contributed by atoms with Gasteiger partial charge in [0.15, 0.2) is 11.6 Å². The molecule has 3 saturated heterocycles. The quantitative estimate of drug-likeness (QED) is 0.196. The van der Waals surface area contributed by atoms with Crippen molar-refractivity contribution >= 4 is 56.7 Å². The molecule has 3 aliphatic carbocycles. The lowest BCUT2D eigenvalue weighted by Gasteiger charge is -2.25. The fourth-order valence-electron chi connectivity index (χ4n) is 9.38. The van der Waals surface area contributed by atoms with Crippen LogP contribution >= 0.6 is 11.6 Å². The Bertz CT molecular complexity index is 2490. The third-order valence-corrected chi connectivity index (χ3v) is 13.2. The minimum Gasteiger partial charge on any atom is -0.492 e. The number of fused-ring (bicyclic) bond motifs is 3. The van der Waals surface area contributed by atoms with E-state index in [1.807, 2.05) is 4.90 Å². The van der Waals surface area contributed by atoms with Crippen LogP contribution in [0.4, 0.5) is 24.5 Å². The number of halogens is 4. The second-order valence-electron chi connectivity index (χ2n) is 16.5. The van der Waals surface area contributed by atoms with Crippen molar-refractivity contribution in [3.63, 3.8) is 0 Å². The zero-order chi connectivity index (χ0) is 40.2. The van der Waals surface area contributed by atoms with Crippen LogP contribution in [0.5, 0.6) is 5.75 Å². The molecule has 13 nitrogen and oxygen atoms in total. The van der Waals surface area contributed by atoms with Gasteiger partial charge in [-0.25, -0.2) is 22.8 Å². The first kappa shape index (κ1) is 37.8. The normalized spacial score (nSPS) is 25.8. The van der Waals surface area contributed by atoms with Gasteiger partial charge < -0.3 is 44.9 Å². The third kappa shape index (κ3) is 6.22. The average Bonchev–Trinajstić information content (AvgIpc) is 4.12. The van der Waals surface area contributed by atoms with Gasteiger partial charge in [-0.1, -0.05) is 11.6 Å². The zero-order valence-electron chi connectivity index (χ0n) is 31.1. The van der Waals surface area contributed by atoms with Gasteiger partial charge >= 0.3 is 11.9 Å². The maximum atomic E-state index is 15.3. The number of carbonyl (C=O) groups is 2. The summed E-state index contributed by atoms with van der Waals surface area (Å²) in [4.78, 5) is 52.2. The molecule has 6 aliphatic rings. The Morgan fingerprint density at radius 1 is 0.912 bits per heavy atom. The molecule has 5 atom stereocenters. The van der Waals surface area contributed by atoms with Crippen LogP contribution < -0.4 is 36.4 Å². The number of nitrogens with two attached hydrogens (primary N) is 1. The molecule has 1 spiro atoms. The molecule has 4 aromatic rings. The molecule has 5 N–H and O–H groups in total. The number of aromatic carboxylic acids is 2. The van der Waals surface area contributed by atoms with Crippen LogP contribution in [0, 0.1) is 23.0 Å². The largest absolute Gasteiger partial charge is 0.492 e. The number of carboxylic acids is 2. The van der Waals surface area contributed by atoms with Crippen molar-refractivity contribution in [1.82, 2.24) is 14.5 Å². The average molecular weight is 811 g/mol. The number of hydrogen-bond acceptors (Lipinski definition) is 9. The molecule has 57 heavy (non-hydrogen) atoms. The van der Waals surface area contributed by atoms with E-state index in [9.17, 15) is 33.8 Å².